The maximum Gasteiger partial charge on any atom is 0.274 e. The molecule has 0 bridgehead atoms. The van der Waals surface area contributed by atoms with Gasteiger partial charge in [-0.3, -0.25) is 9.48 Å². The molecule has 3 rings (SSSR count). The van der Waals surface area contributed by atoms with E-state index in [1.165, 1.54) is 5.69 Å². The molecule has 2 aromatic rings. The minimum atomic E-state index is -0.00213. The second kappa shape index (κ2) is 9.85. The lowest BCUT2D eigenvalue weighted by Gasteiger charge is -2.25. The molecular formula is C22H32N4O2. The van der Waals surface area contributed by atoms with Gasteiger partial charge in [0.25, 0.3) is 5.91 Å². The number of aromatic nitrogens is 2. The van der Waals surface area contributed by atoms with Crippen LogP contribution in [0.5, 0.6) is 0 Å². The lowest BCUT2D eigenvalue weighted by Crippen LogP contribution is -2.36. The Bertz CT molecular complexity index is 772. The Labute approximate surface area is 167 Å². The van der Waals surface area contributed by atoms with Gasteiger partial charge in [-0.1, -0.05) is 30.3 Å². The van der Waals surface area contributed by atoms with Crippen molar-refractivity contribution in [2.75, 3.05) is 26.8 Å². The van der Waals surface area contributed by atoms with Crippen molar-refractivity contribution in [2.45, 2.75) is 45.2 Å². The van der Waals surface area contributed by atoms with Crippen molar-refractivity contribution in [3.05, 3.63) is 52.8 Å². The summed E-state index contributed by atoms with van der Waals surface area (Å²) in [6.07, 6.45) is 3.90. The molecule has 1 amide bonds. The average molecular weight is 385 g/mol. The number of aryl methyl sites for hydroxylation is 1. The second-order valence-corrected chi connectivity index (χ2v) is 7.49. The summed E-state index contributed by atoms with van der Waals surface area (Å²) in [7, 11) is 3.80. The quantitative estimate of drug-likeness (QED) is 0.675. The highest BCUT2D eigenvalue weighted by Crippen LogP contribution is 2.25. The van der Waals surface area contributed by atoms with Crippen LogP contribution >= 0.6 is 0 Å². The van der Waals surface area contributed by atoms with E-state index in [2.05, 4.69) is 10.4 Å². The average Bonchev–Trinajstić information content (AvgIpc) is 3.04. The molecule has 0 spiro atoms. The zero-order valence-electron chi connectivity index (χ0n) is 17.3. The van der Waals surface area contributed by atoms with Gasteiger partial charge >= 0.3 is 0 Å². The van der Waals surface area contributed by atoms with Crippen molar-refractivity contribution in [3.63, 3.8) is 0 Å². The zero-order valence-corrected chi connectivity index (χ0v) is 17.3. The molecule has 0 saturated heterocycles. The van der Waals surface area contributed by atoms with Crippen LogP contribution in [0.1, 0.15) is 47.1 Å². The first-order valence-electron chi connectivity index (χ1n) is 10.3. The Morgan fingerprint density at radius 2 is 2.14 bits per heavy atom. The molecule has 152 valence electrons. The Morgan fingerprint density at radius 3 is 2.89 bits per heavy atom. The maximum atomic E-state index is 13.1. The number of ether oxygens (including phenoxy) is 1. The van der Waals surface area contributed by atoms with E-state index in [1.54, 1.807) is 4.90 Å². The van der Waals surface area contributed by atoms with Gasteiger partial charge in [0.05, 0.1) is 0 Å². The first-order chi connectivity index (χ1) is 13.6. The minimum absolute atomic E-state index is 0.00213. The summed E-state index contributed by atoms with van der Waals surface area (Å²) in [4.78, 5) is 14.8. The molecule has 0 fully saturated rings. The van der Waals surface area contributed by atoms with Crippen LogP contribution in [0.15, 0.2) is 30.3 Å². The van der Waals surface area contributed by atoms with Gasteiger partial charge < -0.3 is 15.0 Å². The monoisotopic (exact) mass is 384 g/mol. The lowest BCUT2D eigenvalue weighted by molar-refractivity contribution is 0.0777. The zero-order chi connectivity index (χ0) is 19.9. The molecule has 0 radical (unpaired) electrons. The van der Waals surface area contributed by atoms with Crippen LogP contribution in [0.3, 0.4) is 0 Å². The molecule has 1 N–H and O–H groups in total. The summed E-state index contributed by atoms with van der Waals surface area (Å²) in [6.45, 7) is 5.11. The van der Waals surface area contributed by atoms with Crippen molar-refractivity contribution in [1.82, 2.24) is 20.0 Å². The fraction of sp³-hybridized carbons (Fsp3) is 0.545. The van der Waals surface area contributed by atoms with E-state index >= 15 is 0 Å². The van der Waals surface area contributed by atoms with Gasteiger partial charge in [0.2, 0.25) is 0 Å². The molecule has 1 aromatic heterocycles. The molecule has 1 aliphatic rings. The summed E-state index contributed by atoms with van der Waals surface area (Å²) in [5.74, 6) is -0.00213. The topological polar surface area (TPSA) is 59.4 Å². The Kier molecular flexibility index (Phi) is 7.23. The van der Waals surface area contributed by atoms with Gasteiger partial charge in [0.15, 0.2) is 5.69 Å². The summed E-state index contributed by atoms with van der Waals surface area (Å²) in [5.41, 5.74) is 4.04. The van der Waals surface area contributed by atoms with Crippen LogP contribution in [0.2, 0.25) is 0 Å². The number of nitrogens with one attached hydrogen (secondary N) is 1. The molecule has 28 heavy (non-hydrogen) atoms. The third kappa shape index (κ3) is 5.00. The van der Waals surface area contributed by atoms with Crippen molar-refractivity contribution in [2.24, 2.45) is 7.05 Å². The highest BCUT2D eigenvalue weighted by atomic mass is 16.5. The molecule has 1 aromatic carbocycles. The summed E-state index contributed by atoms with van der Waals surface area (Å²) >= 11 is 0. The molecule has 6 nitrogen and oxygen atoms in total. The van der Waals surface area contributed by atoms with Gasteiger partial charge in [-0.05, 0) is 44.7 Å². The smallest absolute Gasteiger partial charge is 0.274 e. The van der Waals surface area contributed by atoms with Crippen LogP contribution < -0.4 is 5.32 Å². The third-order valence-electron chi connectivity index (χ3n) is 5.37. The molecule has 0 saturated carbocycles. The molecule has 0 unspecified atom stereocenters. The molecule has 1 atom stereocenters. The number of benzene rings is 1. The molecule has 1 heterocycles. The highest BCUT2D eigenvalue weighted by molar-refractivity contribution is 5.94. The summed E-state index contributed by atoms with van der Waals surface area (Å²) in [6, 6.07) is 10.5. The van der Waals surface area contributed by atoms with E-state index in [0.29, 0.717) is 18.3 Å². The van der Waals surface area contributed by atoms with Crippen LogP contribution in [-0.4, -0.2) is 53.4 Å². The van der Waals surface area contributed by atoms with Crippen molar-refractivity contribution in [1.29, 1.82) is 0 Å². The molecule has 1 aliphatic carbocycles. The minimum Gasteiger partial charge on any atom is -0.382 e. The summed E-state index contributed by atoms with van der Waals surface area (Å²) < 4.78 is 7.30. The Morgan fingerprint density at radius 1 is 1.36 bits per heavy atom. The largest absolute Gasteiger partial charge is 0.382 e. The molecular weight excluding hydrogens is 352 g/mol. The van der Waals surface area contributed by atoms with E-state index in [0.717, 1.165) is 56.6 Å². The standard InChI is InChI=1S/C22H32N4O2/c1-4-28-14-8-13-23-18-11-12-20-19(15-18)21(24-26(20)3)22(27)25(2)16-17-9-6-5-7-10-17/h5-7,9-10,18,23H,4,8,11-16H2,1-3H3/t18-/m0/s1. The van der Waals surface area contributed by atoms with Gasteiger partial charge in [-0.25, -0.2) is 0 Å². The van der Waals surface area contributed by atoms with Gasteiger partial charge in [-0.15, -0.1) is 0 Å². The fourth-order valence-electron chi connectivity index (χ4n) is 3.87. The number of hydrogen-bond donors (Lipinski definition) is 1. The van der Waals surface area contributed by atoms with Gasteiger partial charge in [-0.2, -0.15) is 5.10 Å². The number of nitrogens with zero attached hydrogens (tertiary/aromatic N) is 3. The maximum absolute atomic E-state index is 13.1. The highest BCUT2D eigenvalue weighted by Gasteiger charge is 2.29. The van der Waals surface area contributed by atoms with Crippen LogP contribution in [0.25, 0.3) is 0 Å². The van der Waals surface area contributed by atoms with E-state index in [9.17, 15) is 4.79 Å². The first kappa shape index (κ1) is 20.6. The predicted molar refractivity (Wildman–Crippen MR) is 110 cm³/mol. The number of hydrogen-bond acceptors (Lipinski definition) is 4. The Balaban J connectivity index is 1.64. The van der Waals surface area contributed by atoms with Crippen molar-refractivity contribution in [3.8, 4) is 0 Å². The fourth-order valence-corrected chi connectivity index (χ4v) is 3.87. The van der Waals surface area contributed by atoms with Crippen LogP contribution in [0, 0.1) is 0 Å². The van der Waals surface area contributed by atoms with Crippen molar-refractivity contribution >= 4 is 5.91 Å². The van der Waals surface area contributed by atoms with Gasteiger partial charge in [0.1, 0.15) is 0 Å². The van der Waals surface area contributed by atoms with Gasteiger partial charge in [0, 0.05) is 51.2 Å². The number of amides is 1. The second-order valence-electron chi connectivity index (χ2n) is 7.49. The number of fused-ring (bicyclic) bond motifs is 1. The Hall–Kier alpha value is -2.18. The normalized spacial score (nSPS) is 16.0. The SMILES string of the molecule is CCOCCCN[C@H]1CCc2c(c(C(=O)N(C)Cc3ccccc3)nn2C)C1. The number of carbonyl (C=O) groups excluding carboxylic acids is 1. The van der Waals surface area contributed by atoms with Crippen LogP contribution in [0.4, 0.5) is 0 Å². The predicted octanol–water partition coefficient (Wildman–Crippen LogP) is 2.57. The molecule has 0 aliphatic heterocycles. The molecule has 6 heteroatoms. The van der Waals surface area contributed by atoms with E-state index in [1.807, 2.05) is 56.0 Å². The number of carbonyl (C=O) groups is 1. The van der Waals surface area contributed by atoms with Crippen molar-refractivity contribution < 1.29 is 9.53 Å². The van der Waals surface area contributed by atoms with E-state index < -0.39 is 0 Å². The van der Waals surface area contributed by atoms with Crippen LogP contribution in [-0.2, 0) is 31.2 Å². The first-order valence-corrected chi connectivity index (χ1v) is 10.3. The number of rotatable bonds is 9. The lowest BCUT2D eigenvalue weighted by atomic mass is 9.91. The third-order valence-corrected chi connectivity index (χ3v) is 5.37. The van der Waals surface area contributed by atoms with E-state index in [-0.39, 0.29) is 5.91 Å². The van der Waals surface area contributed by atoms with E-state index in [4.69, 9.17) is 4.74 Å². The summed E-state index contributed by atoms with van der Waals surface area (Å²) in [5, 5.41) is 8.21.